The molecule has 90 valence electrons. The van der Waals surface area contributed by atoms with Crippen LogP contribution in [0.5, 0.6) is 0 Å². The van der Waals surface area contributed by atoms with E-state index in [4.69, 9.17) is 10.00 Å². The molecule has 1 saturated carbocycles. The highest BCUT2D eigenvalue weighted by molar-refractivity contribution is 5.89. The zero-order valence-corrected chi connectivity index (χ0v) is 10.3. The zero-order chi connectivity index (χ0) is 12.0. The predicted molar refractivity (Wildman–Crippen MR) is 61.8 cm³/mol. The molecule has 3 nitrogen and oxygen atoms in total. The maximum atomic E-state index is 11.6. The Morgan fingerprint density at radius 2 is 2.25 bits per heavy atom. The number of nitriles is 1. The third-order valence-electron chi connectivity index (χ3n) is 3.27. The Balaban J connectivity index is 2.25. The number of hydrogen-bond donors (Lipinski definition) is 0. The Kier molecular flexibility index (Phi) is 4.95. The average Bonchev–Trinajstić information content (AvgIpc) is 2.60. The molecule has 1 fully saturated rings. The van der Waals surface area contributed by atoms with E-state index in [1.807, 2.05) is 0 Å². The van der Waals surface area contributed by atoms with E-state index in [-0.39, 0.29) is 5.78 Å². The van der Waals surface area contributed by atoms with Crippen molar-refractivity contribution in [3.8, 4) is 6.07 Å². The molecule has 1 unspecified atom stereocenters. The summed E-state index contributed by atoms with van der Waals surface area (Å²) in [5.41, 5.74) is -0.724. The molecule has 0 bridgehead atoms. The Labute approximate surface area is 97.8 Å². The van der Waals surface area contributed by atoms with Crippen LogP contribution >= 0.6 is 0 Å². The molecule has 1 aliphatic rings. The maximum absolute atomic E-state index is 11.6. The molecule has 0 aromatic carbocycles. The third-order valence-corrected chi connectivity index (χ3v) is 3.27. The van der Waals surface area contributed by atoms with Crippen LogP contribution in [-0.4, -0.2) is 19.0 Å². The van der Waals surface area contributed by atoms with E-state index >= 15 is 0 Å². The molecule has 16 heavy (non-hydrogen) atoms. The molecule has 1 aliphatic carbocycles. The second-order valence-electron chi connectivity index (χ2n) is 5.02. The van der Waals surface area contributed by atoms with Crippen LogP contribution in [0.4, 0.5) is 0 Å². The minimum atomic E-state index is -0.724. The van der Waals surface area contributed by atoms with Crippen molar-refractivity contribution < 1.29 is 9.53 Å². The summed E-state index contributed by atoms with van der Waals surface area (Å²) >= 11 is 0. The van der Waals surface area contributed by atoms with Gasteiger partial charge < -0.3 is 4.74 Å². The molecule has 0 aromatic heterocycles. The third kappa shape index (κ3) is 3.31. The average molecular weight is 223 g/mol. The fraction of sp³-hybridized carbons (Fsp3) is 0.846. The molecule has 0 aliphatic heterocycles. The van der Waals surface area contributed by atoms with Gasteiger partial charge in [0.05, 0.1) is 6.07 Å². The first kappa shape index (κ1) is 13.2. The first-order valence-corrected chi connectivity index (χ1v) is 6.13. The lowest BCUT2D eigenvalue weighted by molar-refractivity contribution is -0.124. The first-order valence-electron chi connectivity index (χ1n) is 6.13. The van der Waals surface area contributed by atoms with Crippen LogP contribution in [0.3, 0.4) is 0 Å². The molecular weight excluding hydrogens is 202 g/mol. The van der Waals surface area contributed by atoms with Crippen LogP contribution in [0, 0.1) is 22.7 Å². The van der Waals surface area contributed by atoms with Gasteiger partial charge in [0.2, 0.25) is 0 Å². The molecule has 0 amide bonds. The van der Waals surface area contributed by atoms with Gasteiger partial charge in [-0.15, -0.1) is 0 Å². The largest absolute Gasteiger partial charge is 0.381 e. The fourth-order valence-corrected chi connectivity index (χ4v) is 2.04. The van der Waals surface area contributed by atoms with Gasteiger partial charge in [-0.1, -0.05) is 13.8 Å². The van der Waals surface area contributed by atoms with Crippen molar-refractivity contribution in [3.63, 3.8) is 0 Å². The summed E-state index contributed by atoms with van der Waals surface area (Å²) < 4.78 is 5.48. The lowest BCUT2D eigenvalue weighted by atomic mass is 9.84. The molecule has 3 heteroatoms. The van der Waals surface area contributed by atoms with Crippen LogP contribution in [0.25, 0.3) is 0 Å². The van der Waals surface area contributed by atoms with E-state index in [0.29, 0.717) is 25.4 Å². The lowest BCUT2D eigenvalue weighted by Crippen LogP contribution is -2.25. The van der Waals surface area contributed by atoms with Gasteiger partial charge in [0.15, 0.2) is 5.78 Å². The van der Waals surface area contributed by atoms with Crippen molar-refractivity contribution in [2.24, 2.45) is 11.3 Å². The van der Waals surface area contributed by atoms with Crippen LogP contribution in [-0.2, 0) is 9.53 Å². The highest BCUT2D eigenvalue weighted by Gasteiger charge is 2.41. The highest BCUT2D eigenvalue weighted by Crippen LogP contribution is 2.37. The van der Waals surface area contributed by atoms with E-state index < -0.39 is 5.41 Å². The second kappa shape index (κ2) is 6.00. The molecule has 0 radical (unpaired) electrons. The van der Waals surface area contributed by atoms with Crippen molar-refractivity contribution in [2.45, 2.75) is 46.0 Å². The van der Waals surface area contributed by atoms with Crippen molar-refractivity contribution in [1.29, 1.82) is 5.26 Å². The molecule has 0 aromatic rings. The smallest absolute Gasteiger partial charge is 0.153 e. The first-order chi connectivity index (χ1) is 7.60. The second-order valence-corrected chi connectivity index (χ2v) is 5.02. The molecule has 0 saturated heterocycles. The molecule has 1 rings (SSSR count). The standard InChI is InChI=1S/C13H21NO2/c1-11(2)5-8-16-9-7-13(10-14)6-3-4-12(13)15/h11H,3-9H2,1-2H3. The number of rotatable bonds is 6. The number of ether oxygens (including phenoxy) is 1. The van der Waals surface area contributed by atoms with Crippen LogP contribution in [0.15, 0.2) is 0 Å². The summed E-state index contributed by atoms with van der Waals surface area (Å²) in [6.07, 6.45) is 3.75. The van der Waals surface area contributed by atoms with Gasteiger partial charge in [0, 0.05) is 19.6 Å². The number of hydrogen-bond acceptors (Lipinski definition) is 3. The van der Waals surface area contributed by atoms with Gasteiger partial charge in [-0.2, -0.15) is 5.26 Å². The number of carbonyl (C=O) groups excluding carboxylic acids is 1. The quantitative estimate of drug-likeness (QED) is 0.650. The van der Waals surface area contributed by atoms with Crippen LogP contribution < -0.4 is 0 Å². The Morgan fingerprint density at radius 3 is 2.75 bits per heavy atom. The number of ketones is 1. The Morgan fingerprint density at radius 1 is 1.50 bits per heavy atom. The maximum Gasteiger partial charge on any atom is 0.153 e. The lowest BCUT2D eigenvalue weighted by Gasteiger charge is -2.18. The number of carbonyl (C=O) groups is 1. The van der Waals surface area contributed by atoms with E-state index in [0.717, 1.165) is 25.9 Å². The van der Waals surface area contributed by atoms with Gasteiger partial charge in [0.25, 0.3) is 0 Å². The van der Waals surface area contributed by atoms with Gasteiger partial charge in [0.1, 0.15) is 5.41 Å². The van der Waals surface area contributed by atoms with Gasteiger partial charge in [-0.05, 0) is 31.6 Å². The molecular formula is C13H21NO2. The summed E-state index contributed by atoms with van der Waals surface area (Å²) in [6, 6.07) is 2.20. The van der Waals surface area contributed by atoms with E-state index in [9.17, 15) is 4.79 Å². The topological polar surface area (TPSA) is 50.1 Å². The van der Waals surface area contributed by atoms with Crippen LogP contribution in [0.2, 0.25) is 0 Å². The highest BCUT2D eigenvalue weighted by atomic mass is 16.5. The molecule has 1 atom stereocenters. The SMILES string of the molecule is CC(C)CCOCCC1(C#N)CCCC1=O. The van der Waals surface area contributed by atoms with Gasteiger partial charge in [-0.3, -0.25) is 4.79 Å². The van der Waals surface area contributed by atoms with Crippen molar-refractivity contribution in [2.75, 3.05) is 13.2 Å². The summed E-state index contributed by atoms with van der Waals surface area (Å²) in [4.78, 5) is 11.6. The van der Waals surface area contributed by atoms with Gasteiger partial charge in [-0.25, -0.2) is 0 Å². The molecule has 0 N–H and O–H groups in total. The summed E-state index contributed by atoms with van der Waals surface area (Å²) in [5, 5.41) is 9.11. The van der Waals surface area contributed by atoms with Crippen molar-refractivity contribution in [1.82, 2.24) is 0 Å². The van der Waals surface area contributed by atoms with Crippen LogP contribution in [0.1, 0.15) is 46.0 Å². The Hall–Kier alpha value is -0.880. The minimum Gasteiger partial charge on any atom is -0.381 e. The van der Waals surface area contributed by atoms with Gasteiger partial charge >= 0.3 is 0 Å². The van der Waals surface area contributed by atoms with Crippen molar-refractivity contribution >= 4 is 5.78 Å². The van der Waals surface area contributed by atoms with E-state index in [1.165, 1.54) is 0 Å². The van der Waals surface area contributed by atoms with E-state index in [2.05, 4.69) is 19.9 Å². The number of Topliss-reactive ketones (excluding diaryl/α,β-unsaturated/α-hetero) is 1. The predicted octanol–water partition coefficient (Wildman–Crippen LogP) is 2.70. The summed E-state index contributed by atoms with van der Waals surface area (Å²) in [5.74, 6) is 0.750. The monoisotopic (exact) mass is 223 g/mol. The normalized spacial score (nSPS) is 25.0. The molecule has 0 heterocycles. The Bertz CT molecular complexity index is 280. The summed E-state index contributed by atoms with van der Waals surface area (Å²) in [6.45, 7) is 5.57. The number of nitrogens with zero attached hydrogens (tertiary/aromatic N) is 1. The molecule has 0 spiro atoms. The zero-order valence-electron chi connectivity index (χ0n) is 10.3. The van der Waals surface area contributed by atoms with Crippen molar-refractivity contribution in [3.05, 3.63) is 0 Å². The minimum absolute atomic E-state index is 0.113. The summed E-state index contributed by atoms with van der Waals surface area (Å²) in [7, 11) is 0. The van der Waals surface area contributed by atoms with E-state index in [1.54, 1.807) is 0 Å². The fourth-order valence-electron chi connectivity index (χ4n) is 2.04.